The monoisotopic (exact) mass is 374 g/mol. The number of carbonyl (C=O) groups is 1. The van der Waals surface area contributed by atoms with Gasteiger partial charge in [0.2, 0.25) is 0 Å². The number of amides is 1. The average molecular weight is 375 g/mol. The molecule has 1 saturated heterocycles. The molecule has 2 heterocycles. The molecule has 0 N–H and O–H groups in total. The van der Waals surface area contributed by atoms with Crippen LogP contribution in [0.1, 0.15) is 65.7 Å². The van der Waals surface area contributed by atoms with Gasteiger partial charge in [0, 0.05) is 25.5 Å². The molecule has 0 atom stereocenters. The second kappa shape index (κ2) is 8.94. The Kier molecular flexibility index (Phi) is 6.61. The second-order valence-electron chi connectivity index (χ2n) is 9.09. The van der Waals surface area contributed by atoms with E-state index in [0.717, 1.165) is 56.4 Å². The van der Waals surface area contributed by atoms with Gasteiger partial charge in [-0.15, -0.1) is 0 Å². The van der Waals surface area contributed by atoms with Crippen LogP contribution < -0.4 is 4.74 Å². The molecule has 27 heavy (non-hydrogen) atoms. The van der Waals surface area contributed by atoms with Crippen molar-refractivity contribution in [3.63, 3.8) is 0 Å². The maximum Gasteiger partial charge on any atom is 0.410 e. The van der Waals surface area contributed by atoms with Crippen molar-refractivity contribution in [2.24, 2.45) is 11.8 Å². The minimum atomic E-state index is -0.412. The van der Waals surface area contributed by atoms with Crippen LogP contribution in [0, 0.1) is 11.8 Å². The molecule has 0 aromatic carbocycles. The lowest BCUT2D eigenvalue weighted by molar-refractivity contribution is 0.0169. The zero-order valence-corrected chi connectivity index (χ0v) is 17.0. The lowest BCUT2D eigenvalue weighted by Crippen LogP contribution is -2.42. The number of rotatable bonds is 4. The van der Waals surface area contributed by atoms with Crippen molar-refractivity contribution in [1.29, 1.82) is 0 Å². The van der Waals surface area contributed by atoms with Gasteiger partial charge < -0.3 is 14.4 Å². The number of carbonyl (C=O) groups excluding carboxylic acids is 1. The third-order valence-corrected chi connectivity index (χ3v) is 5.68. The van der Waals surface area contributed by atoms with Crippen molar-refractivity contribution < 1.29 is 14.3 Å². The molecular weight excluding hydrogens is 340 g/mol. The first-order chi connectivity index (χ1) is 12.9. The van der Waals surface area contributed by atoms with Crippen LogP contribution >= 0.6 is 0 Å². The number of nitrogens with zero attached hydrogens (tertiary/aromatic N) is 2. The molecule has 2 fully saturated rings. The van der Waals surface area contributed by atoms with E-state index in [2.05, 4.69) is 4.98 Å². The Hall–Kier alpha value is -1.78. The number of ether oxygens (including phenoxy) is 2. The van der Waals surface area contributed by atoms with Crippen molar-refractivity contribution in [2.75, 3.05) is 13.1 Å². The molecule has 1 aliphatic heterocycles. The summed E-state index contributed by atoms with van der Waals surface area (Å²) in [5, 5.41) is 0. The van der Waals surface area contributed by atoms with Crippen LogP contribution in [0.5, 0.6) is 5.75 Å². The highest BCUT2D eigenvalue weighted by Crippen LogP contribution is 2.34. The van der Waals surface area contributed by atoms with Gasteiger partial charge in [-0.3, -0.25) is 4.98 Å². The molecule has 0 radical (unpaired) electrons. The maximum absolute atomic E-state index is 12.2. The average Bonchev–Trinajstić information content (AvgIpc) is 2.63. The van der Waals surface area contributed by atoms with E-state index >= 15 is 0 Å². The van der Waals surface area contributed by atoms with Crippen LogP contribution in [0.2, 0.25) is 0 Å². The van der Waals surface area contributed by atoms with Crippen molar-refractivity contribution in [3.05, 3.63) is 24.5 Å². The molecule has 0 bridgehead atoms. The fourth-order valence-electron chi connectivity index (χ4n) is 4.24. The number of pyridine rings is 1. The Labute approximate surface area is 163 Å². The molecule has 5 nitrogen and oxygen atoms in total. The van der Waals surface area contributed by atoms with E-state index in [0.29, 0.717) is 6.10 Å². The van der Waals surface area contributed by atoms with Gasteiger partial charge in [0.15, 0.2) is 0 Å². The molecule has 5 heteroatoms. The third-order valence-electron chi connectivity index (χ3n) is 5.68. The van der Waals surface area contributed by atoms with Gasteiger partial charge in [0.05, 0.1) is 6.10 Å². The first-order valence-corrected chi connectivity index (χ1v) is 10.4. The predicted octanol–water partition coefficient (Wildman–Crippen LogP) is 5.06. The number of hydrogen-bond acceptors (Lipinski definition) is 4. The van der Waals surface area contributed by atoms with Gasteiger partial charge >= 0.3 is 6.09 Å². The minimum absolute atomic E-state index is 0.158. The fraction of sp³-hybridized carbons (Fsp3) is 0.727. The largest absolute Gasteiger partial charge is 0.490 e. The van der Waals surface area contributed by atoms with Crippen LogP contribution in [-0.4, -0.2) is 40.8 Å². The summed E-state index contributed by atoms with van der Waals surface area (Å²) in [6, 6.07) is 3.87. The minimum Gasteiger partial charge on any atom is -0.490 e. The topological polar surface area (TPSA) is 51.7 Å². The third kappa shape index (κ3) is 6.40. The van der Waals surface area contributed by atoms with Gasteiger partial charge in [-0.25, -0.2) is 4.79 Å². The molecule has 1 aromatic rings. The summed E-state index contributed by atoms with van der Waals surface area (Å²) in [4.78, 5) is 18.1. The van der Waals surface area contributed by atoms with Crippen LogP contribution in [0.15, 0.2) is 24.5 Å². The van der Waals surface area contributed by atoms with Crippen molar-refractivity contribution in [1.82, 2.24) is 9.88 Å². The zero-order chi connectivity index (χ0) is 19.3. The molecule has 1 aromatic heterocycles. The molecule has 0 spiro atoms. The fourth-order valence-corrected chi connectivity index (χ4v) is 4.24. The summed E-state index contributed by atoms with van der Waals surface area (Å²) in [7, 11) is 0. The Morgan fingerprint density at radius 1 is 1.04 bits per heavy atom. The lowest BCUT2D eigenvalue weighted by Gasteiger charge is -2.36. The van der Waals surface area contributed by atoms with Crippen LogP contribution in [0.25, 0.3) is 0 Å². The standard InChI is InChI=1S/C22H34N2O3/c1-22(2,3)27-21(25)24-14-10-18(11-15-24)16-17-4-6-19(7-5-17)26-20-8-12-23-13-9-20/h8-9,12-13,17-19H,4-7,10-11,14-16H2,1-3H3. The van der Waals surface area contributed by atoms with E-state index in [1.807, 2.05) is 37.8 Å². The number of likely N-dealkylation sites (tertiary alicyclic amines) is 1. The number of aromatic nitrogens is 1. The summed E-state index contributed by atoms with van der Waals surface area (Å²) in [5.74, 6) is 2.48. The first-order valence-electron chi connectivity index (χ1n) is 10.4. The van der Waals surface area contributed by atoms with E-state index in [4.69, 9.17) is 9.47 Å². The van der Waals surface area contributed by atoms with E-state index in [1.165, 1.54) is 19.3 Å². The highest BCUT2D eigenvalue weighted by molar-refractivity contribution is 5.68. The molecule has 1 amide bonds. The van der Waals surface area contributed by atoms with Gasteiger partial charge in [0.25, 0.3) is 0 Å². The summed E-state index contributed by atoms with van der Waals surface area (Å²) in [5.41, 5.74) is -0.412. The molecule has 1 aliphatic carbocycles. The summed E-state index contributed by atoms with van der Waals surface area (Å²) < 4.78 is 11.6. The molecular formula is C22H34N2O3. The smallest absolute Gasteiger partial charge is 0.410 e. The van der Waals surface area contributed by atoms with Gasteiger partial charge in [-0.1, -0.05) is 0 Å². The molecule has 3 rings (SSSR count). The highest BCUT2D eigenvalue weighted by Gasteiger charge is 2.29. The van der Waals surface area contributed by atoms with Crippen LogP contribution in [0.3, 0.4) is 0 Å². The van der Waals surface area contributed by atoms with Gasteiger partial charge in [-0.05, 0) is 89.7 Å². The molecule has 150 valence electrons. The van der Waals surface area contributed by atoms with Crippen molar-refractivity contribution in [3.8, 4) is 5.75 Å². The number of hydrogen-bond donors (Lipinski definition) is 0. The summed E-state index contributed by atoms with van der Waals surface area (Å²) >= 11 is 0. The summed E-state index contributed by atoms with van der Waals surface area (Å²) in [6.45, 7) is 7.44. The second-order valence-corrected chi connectivity index (χ2v) is 9.09. The molecule has 1 saturated carbocycles. The van der Waals surface area contributed by atoms with Crippen LogP contribution in [0.4, 0.5) is 4.79 Å². The summed E-state index contributed by atoms with van der Waals surface area (Å²) in [6.07, 6.45) is 12.0. The maximum atomic E-state index is 12.2. The van der Waals surface area contributed by atoms with Crippen molar-refractivity contribution >= 4 is 6.09 Å². The van der Waals surface area contributed by atoms with Gasteiger partial charge in [-0.2, -0.15) is 0 Å². The van der Waals surface area contributed by atoms with E-state index in [9.17, 15) is 4.79 Å². The lowest BCUT2D eigenvalue weighted by atomic mass is 9.79. The normalized spacial score (nSPS) is 24.5. The Morgan fingerprint density at radius 2 is 1.63 bits per heavy atom. The molecule has 0 unspecified atom stereocenters. The Morgan fingerprint density at radius 3 is 2.22 bits per heavy atom. The van der Waals surface area contributed by atoms with E-state index < -0.39 is 5.60 Å². The molecule has 2 aliphatic rings. The highest BCUT2D eigenvalue weighted by atomic mass is 16.6. The van der Waals surface area contributed by atoms with Crippen LogP contribution in [-0.2, 0) is 4.74 Å². The predicted molar refractivity (Wildman–Crippen MR) is 106 cm³/mol. The first kappa shape index (κ1) is 20.0. The Balaban J connectivity index is 1.35. The van der Waals surface area contributed by atoms with E-state index in [1.54, 1.807) is 12.4 Å². The SMILES string of the molecule is CC(C)(C)OC(=O)N1CCC(CC2CCC(Oc3ccncc3)CC2)CC1. The number of piperidine rings is 1. The quantitative estimate of drug-likeness (QED) is 0.739. The Bertz CT molecular complexity index is 583. The van der Waals surface area contributed by atoms with Crippen molar-refractivity contribution in [2.45, 2.75) is 77.4 Å². The van der Waals surface area contributed by atoms with Gasteiger partial charge in [0.1, 0.15) is 11.4 Å². The van der Waals surface area contributed by atoms with E-state index in [-0.39, 0.29) is 6.09 Å². The zero-order valence-electron chi connectivity index (χ0n) is 17.0.